The minimum atomic E-state index is -1.19. The van der Waals surface area contributed by atoms with Gasteiger partial charge in [0.25, 0.3) is 0 Å². The van der Waals surface area contributed by atoms with Crippen molar-refractivity contribution in [1.82, 2.24) is 14.5 Å². The number of carboxylic acid groups (broad SMARTS) is 1. The van der Waals surface area contributed by atoms with Gasteiger partial charge in [-0.05, 0) is 6.07 Å². The molecule has 0 fully saturated rings. The average molecular weight is 379 g/mol. The highest BCUT2D eigenvalue weighted by Gasteiger charge is 2.23. The lowest BCUT2D eigenvalue weighted by Gasteiger charge is -1.95. The SMILES string of the molecule is N#Cc1nc(-c2csc(C(=O)c3cn(C(=O)O)c4ccccc34)n2)oc1N. The number of anilines is 1. The van der Waals surface area contributed by atoms with Gasteiger partial charge in [0.1, 0.15) is 11.8 Å². The van der Waals surface area contributed by atoms with Gasteiger partial charge in [0.2, 0.25) is 23.3 Å². The van der Waals surface area contributed by atoms with Crippen LogP contribution in [0.5, 0.6) is 0 Å². The first-order valence-electron chi connectivity index (χ1n) is 7.50. The lowest BCUT2D eigenvalue weighted by atomic mass is 10.1. The highest BCUT2D eigenvalue weighted by molar-refractivity contribution is 7.12. The second kappa shape index (κ2) is 6.08. The second-order valence-corrected chi connectivity index (χ2v) is 6.28. The third kappa shape index (κ3) is 2.62. The van der Waals surface area contributed by atoms with Gasteiger partial charge >= 0.3 is 6.09 Å². The lowest BCUT2D eigenvalue weighted by Crippen LogP contribution is -2.06. The molecule has 0 spiro atoms. The van der Waals surface area contributed by atoms with Crippen LogP contribution >= 0.6 is 11.3 Å². The summed E-state index contributed by atoms with van der Waals surface area (Å²) in [7, 11) is 0. The Morgan fingerprint density at radius 1 is 1.30 bits per heavy atom. The number of hydrogen-bond donors (Lipinski definition) is 2. The van der Waals surface area contributed by atoms with Gasteiger partial charge in [-0.3, -0.25) is 9.36 Å². The molecule has 10 heteroatoms. The summed E-state index contributed by atoms with van der Waals surface area (Å²) in [4.78, 5) is 32.4. The van der Waals surface area contributed by atoms with Gasteiger partial charge in [-0.2, -0.15) is 10.2 Å². The second-order valence-electron chi connectivity index (χ2n) is 5.42. The third-order valence-corrected chi connectivity index (χ3v) is 4.68. The molecule has 0 atom stereocenters. The van der Waals surface area contributed by atoms with E-state index in [4.69, 9.17) is 15.4 Å². The van der Waals surface area contributed by atoms with Crippen LogP contribution in [0.4, 0.5) is 10.7 Å². The van der Waals surface area contributed by atoms with E-state index in [0.717, 1.165) is 15.9 Å². The molecule has 0 aliphatic rings. The van der Waals surface area contributed by atoms with Gasteiger partial charge in [0, 0.05) is 17.0 Å². The zero-order chi connectivity index (χ0) is 19.1. The summed E-state index contributed by atoms with van der Waals surface area (Å²) in [5.41, 5.74) is 6.37. The predicted molar refractivity (Wildman–Crippen MR) is 95.5 cm³/mol. The quantitative estimate of drug-likeness (QED) is 0.516. The molecule has 0 saturated carbocycles. The van der Waals surface area contributed by atoms with Crippen molar-refractivity contribution in [2.24, 2.45) is 0 Å². The number of nitrogens with two attached hydrogens (primary N) is 1. The van der Waals surface area contributed by atoms with Gasteiger partial charge in [0.15, 0.2) is 5.01 Å². The highest BCUT2D eigenvalue weighted by Crippen LogP contribution is 2.28. The van der Waals surface area contributed by atoms with Gasteiger partial charge in [0.05, 0.1) is 11.1 Å². The van der Waals surface area contributed by atoms with Crippen LogP contribution in [-0.2, 0) is 0 Å². The number of nitrogen functional groups attached to an aromatic ring is 1. The summed E-state index contributed by atoms with van der Waals surface area (Å²) in [5.74, 6) is -0.521. The van der Waals surface area contributed by atoms with Gasteiger partial charge in [-0.1, -0.05) is 18.2 Å². The average Bonchev–Trinajstić information content (AvgIpc) is 3.37. The molecule has 3 N–H and O–H groups in total. The maximum atomic E-state index is 12.9. The molecular formula is C17H9N5O4S. The van der Waals surface area contributed by atoms with Crippen LogP contribution in [0, 0.1) is 11.3 Å². The van der Waals surface area contributed by atoms with E-state index in [1.54, 1.807) is 35.7 Å². The first kappa shape index (κ1) is 16.5. The third-order valence-electron chi connectivity index (χ3n) is 3.84. The van der Waals surface area contributed by atoms with Crippen molar-refractivity contribution in [1.29, 1.82) is 5.26 Å². The van der Waals surface area contributed by atoms with E-state index in [1.807, 2.05) is 0 Å². The Morgan fingerprint density at radius 3 is 2.78 bits per heavy atom. The van der Waals surface area contributed by atoms with Crippen LogP contribution in [0.3, 0.4) is 0 Å². The molecule has 132 valence electrons. The Balaban J connectivity index is 1.76. The molecule has 3 heterocycles. The summed E-state index contributed by atoms with van der Waals surface area (Å²) >= 11 is 1.06. The van der Waals surface area contributed by atoms with Crippen molar-refractivity contribution in [2.45, 2.75) is 0 Å². The normalized spacial score (nSPS) is 10.8. The van der Waals surface area contributed by atoms with Crippen molar-refractivity contribution in [3.8, 4) is 17.7 Å². The van der Waals surface area contributed by atoms with Gasteiger partial charge in [-0.25, -0.2) is 9.78 Å². The fourth-order valence-corrected chi connectivity index (χ4v) is 3.38. The van der Waals surface area contributed by atoms with E-state index in [9.17, 15) is 14.7 Å². The van der Waals surface area contributed by atoms with Crippen molar-refractivity contribution >= 4 is 40.0 Å². The van der Waals surface area contributed by atoms with Crippen LogP contribution in [0.15, 0.2) is 40.3 Å². The van der Waals surface area contributed by atoms with Crippen LogP contribution in [0.2, 0.25) is 0 Å². The predicted octanol–water partition coefficient (Wildman–Crippen LogP) is 2.96. The number of thiazole rings is 1. The summed E-state index contributed by atoms with van der Waals surface area (Å²) in [6.07, 6.45) is 0.0808. The van der Waals surface area contributed by atoms with Crippen molar-refractivity contribution in [2.75, 3.05) is 5.73 Å². The zero-order valence-electron chi connectivity index (χ0n) is 13.4. The molecule has 9 nitrogen and oxygen atoms in total. The highest BCUT2D eigenvalue weighted by atomic mass is 32.1. The Labute approximate surface area is 154 Å². The van der Waals surface area contributed by atoms with E-state index in [2.05, 4.69) is 9.97 Å². The number of fused-ring (bicyclic) bond motifs is 1. The number of nitriles is 1. The Morgan fingerprint density at radius 2 is 2.07 bits per heavy atom. The monoisotopic (exact) mass is 379 g/mol. The number of para-hydroxylation sites is 1. The zero-order valence-corrected chi connectivity index (χ0v) is 14.2. The molecule has 0 unspecified atom stereocenters. The van der Waals surface area contributed by atoms with Gasteiger partial charge < -0.3 is 15.3 Å². The molecule has 3 aromatic heterocycles. The molecule has 0 bridgehead atoms. The first-order valence-corrected chi connectivity index (χ1v) is 8.38. The number of rotatable bonds is 3. The first-order chi connectivity index (χ1) is 13.0. The number of benzene rings is 1. The molecule has 0 aliphatic carbocycles. The topological polar surface area (TPSA) is 148 Å². The van der Waals surface area contributed by atoms with Crippen LogP contribution in [0.25, 0.3) is 22.5 Å². The summed E-state index contributed by atoms with van der Waals surface area (Å²) in [6.45, 7) is 0. The molecule has 1 aromatic carbocycles. The van der Waals surface area contributed by atoms with Crippen LogP contribution in [-0.4, -0.2) is 31.5 Å². The number of oxazole rings is 1. The number of carbonyl (C=O) groups is 2. The minimum absolute atomic E-state index is 0.0346. The van der Waals surface area contributed by atoms with Crippen molar-refractivity contribution < 1.29 is 19.1 Å². The van der Waals surface area contributed by atoms with E-state index in [1.165, 1.54) is 6.20 Å². The summed E-state index contributed by atoms with van der Waals surface area (Å²) in [6, 6.07) is 8.49. The molecule has 4 rings (SSSR count). The van der Waals surface area contributed by atoms with E-state index in [0.29, 0.717) is 10.9 Å². The maximum absolute atomic E-state index is 12.9. The Bertz CT molecular complexity index is 1260. The van der Waals surface area contributed by atoms with E-state index >= 15 is 0 Å². The number of nitrogens with zero attached hydrogens (tertiary/aromatic N) is 4. The lowest BCUT2D eigenvalue weighted by molar-refractivity contribution is 0.104. The molecule has 0 saturated heterocycles. The fraction of sp³-hybridized carbons (Fsp3) is 0. The molecular weight excluding hydrogens is 370 g/mol. The summed E-state index contributed by atoms with van der Waals surface area (Å²) in [5, 5.41) is 20.4. The fourth-order valence-electron chi connectivity index (χ4n) is 2.63. The summed E-state index contributed by atoms with van der Waals surface area (Å²) < 4.78 is 6.18. The largest absolute Gasteiger partial charge is 0.464 e. The van der Waals surface area contributed by atoms with Gasteiger partial charge in [-0.15, -0.1) is 11.3 Å². The van der Waals surface area contributed by atoms with E-state index in [-0.39, 0.29) is 33.7 Å². The van der Waals surface area contributed by atoms with Crippen LogP contribution < -0.4 is 5.73 Å². The molecule has 0 radical (unpaired) electrons. The maximum Gasteiger partial charge on any atom is 0.416 e. The number of aromatic nitrogens is 3. The van der Waals surface area contributed by atoms with E-state index < -0.39 is 11.9 Å². The van der Waals surface area contributed by atoms with Crippen LogP contribution in [0.1, 0.15) is 21.1 Å². The Hall–Kier alpha value is -3.97. The number of carbonyl (C=O) groups excluding carboxylic acids is 1. The molecule has 27 heavy (non-hydrogen) atoms. The minimum Gasteiger partial charge on any atom is -0.464 e. The Kier molecular flexibility index (Phi) is 3.71. The standard InChI is InChI=1S/C17H9N5O4S/c18-5-10-14(19)26-15(20-10)11-7-27-16(21-11)13(23)9-6-22(17(24)25)12-4-2-1-3-8(9)12/h1-4,6-7H,19H2,(H,24,25). The van der Waals surface area contributed by atoms with Crippen molar-refractivity contribution in [3.63, 3.8) is 0 Å². The van der Waals surface area contributed by atoms with Crippen molar-refractivity contribution in [3.05, 3.63) is 52.1 Å². The number of hydrogen-bond acceptors (Lipinski definition) is 8. The molecule has 0 aliphatic heterocycles. The smallest absolute Gasteiger partial charge is 0.416 e. The molecule has 4 aromatic rings. The molecule has 0 amide bonds. The number of ketones is 1.